The van der Waals surface area contributed by atoms with Crippen LogP contribution in [-0.4, -0.2) is 27.0 Å². The van der Waals surface area contributed by atoms with Crippen molar-refractivity contribution in [2.45, 2.75) is 119 Å². The van der Waals surface area contributed by atoms with E-state index in [1.807, 2.05) is 33.0 Å². The average molecular weight is 1010 g/mol. The average Bonchev–Trinajstić information content (AvgIpc) is 3.74. The molecule has 0 bridgehead atoms. The summed E-state index contributed by atoms with van der Waals surface area (Å²) in [5, 5.41) is 14.3. The van der Waals surface area contributed by atoms with Gasteiger partial charge in [0.1, 0.15) is 0 Å². The Bertz CT molecular complexity index is 2440. The number of aromatic nitrogens is 2. The molecule has 1 unspecified atom stereocenters. The van der Waals surface area contributed by atoms with Gasteiger partial charge in [-0.1, -0.05) is 103 Å². The predicted octanol–water partition coefficient (Wildman–Crippen LogP) is 15.0. The first kappa shape index (κ1) is 47.4. The van der Waals surface area contributed by atoms with Crippen molar-refractivity contribution in [2.75, 3.05) is 0 Å². The van der Waals surface area contributed by atoms with E-state index >= 15 is 0 Å². The van der Waals surface area contributed by atoms with Gasteiger partial charge < -0.3 is 15.1 Å². The largest absolute Gasteiger partial charge is 0.512 e. The summed E-state index contributed by atoms with van der Waals surface area (Å²) in [6.45, 7) is 15.6. The number of benzene rings is 4. The van der Waals surface area contributed by atoms with Crippen molar-refractivity contribution in [3.05, 3.63) is 143 Å². The maximum atomic E-state index is 12.3. The monoisotopic (exact) mass is 1010 g/mol. The summed E-state index contributed by atoms with van der Waals surface area (Å²) in [7, 11) is 0. The summed E-state index contributed by atoms with van der Waals surface area (Å²) in [6.07, 6.45) is 4.60. The quantitative estimate of drug-likeness (QED) is 0.0844. The molecule has 0 saturated heterocycles. The molecule has 61 heavy (non-hydrogen) atoms. The van der Waals surface area contributed by atoms with Crippen LogP contribution in [0, 0.1) is 58.6 Å². The molecule has 1 aliphatic rings. The summed E-state index contributed by atoms with van der Waals surface area (Å²) < 4.78 is 44.7. The van der Waals surface area contributed by atoms with Gasteiger partial charge in [0.15, 0.2) is 5.78 Å². The van der Waals surface area contributed by atoms with E-state index in [4.69, 9.17) is 1.37 Å². The zero-order valence-electron chi connectivity index (χ0n) is 37.7. The second kappa shape index (κ2) is 22.4. The Morgan fingerprint density at radius 1 is 0.754 bits per heavy atom. The molecule has 2 heterocycles. The van der Waals surface area contributed by atoms with Gasteiger partial charge in [-0.25, -0.2) is 0 Å². The fraction of sp³-hybridized carbons (Fsp3) is 0.377. The molecule has 0 aliphatic heterocycles. The molecule has 0 amide bonds. The van der Waals surface area contributed by atoms with Crippen LogP contribution in [0.15, 0.2) is 97.0 Å². The predicted molar refractivity (Wildman–Crippen MR) is 241 cm³/mol. The molecule has 1 N–H and O–H groups in total. The summed E-state index contributed by atoms with van der Waals surface area (Å²) in [4.78, 5) is 20.8. The summed E-state index contributed by atoms with van der Waals surface area (Å²) in [6, 6.07) is 32.5. The van der Waals surface area contributed by atoms with Crippen molar-refractivity contribution < 1.29 is 44.5 Å². The van der Waals surface area contributed by atoms with Crippen LogP contribution in [0.3, 0.4) is 0 Å². The number of rotatable bonds is 10. The standard InChI is InChI=1S/C22H22N.C18H16N.C13H21F3O2.Ir/c1-15-11-16(2)13-20(12-15)22-21-8-7-18(17-5-3-4-6-17)14-19(21)9-10-23-22;1-12-4-5-17-15(9-12)6-7-19-18(17)16-10-13(2)8-14(3)11-16;1-4-9(5-2)11(17)7-12(18)10(6-3)8-13(14,15)16;/h7-12,14,17H,3-6H2,1-2H3;4-10H,1-3H3;7,9-10,18H,4-6,8H2,1-3H3;/q2*-1;;/b;;12-7-;/i;7D;;. The van der Waals surface area contributed by atoms with Crippen LogP contribution in [0.4, 0.5) is 13.2 Å². The van der Waals surface area contributed by atoms with Crippen LogP contribution in [0.2, 0.25) is 0 Å². The summed E-state index contributed by atoms with van der Waals surface area (Å²) >= 11 is 0. The fourth-order valence-corrected chi connectivity index (χ4v) is 8.23. The molecular weight excluding hydrogens is 946 g/mol. The van der Waals surface area contributed by atoms with Crippen molar-refractivity contribution in [1.29, 1.82) is 0 Å². The normalized spacial score (nSPS) is 13.8. The number of aryl methyl sites for hydroxylation is 5. The third-order valence-corrected chi connectivity index (χ3v) is 11.3. The number of allylic oxidation sites excluding steroid dienone is 2. The van der Waals surface area contributed by atoms with Gasteiger partial charge in [0.25, 0.3) is 0 Å². The molecule has 1 fully saturated rings. The first-order valence-electron chi connectivity index (χ1n) is 21.8. The number of alkyl halides is 3. The van der Waals surface area contributed by atoms with Crippen molar-refractivity contribution in [2.24, 2.45) is 11.8 Å². The number of nitrogens with zero attached hydrogens (tertiary/aromatic N) is 2. The molecule has 2 aromatic heterocycles. The number of ketones is 1. The zero-order valence-corrected chi connectivity index (χ0v) is 39.1. The number of halogens is 3. The van der Waals surface area contributed by atoms with Gasteiger partial charge in [0.2, 0.25) is 0 Å². The molecular formula is C53H59F3IrN2O2-2. The molecule has 4 aromatic carbocycles. The number of carbonyl (C=O) groups is 1. The minimum Gasteiger partial charge on any atom is -0.512 e. The Morgan fingerprint density at radius 3 is 1.84 bits per heavy atom. The van der Waals surface area contributed by atoms with E-state index in [0.717, 1.165) is 50.8 Å². The third-order valence-electron chi connectivity index (χ3n) is 11.3. The first-order valence-corrected chi connectivity index (χ1v) is 21.3. The summed E-state index contributed by atoms with van der Waals surface area (Å²) in [5.74, 6) is -1.24. The molecule has 7 rings (SSSR count). The Hall–Kier alpha value is -4.65. The molecule has 325 valence electrons. The fourth-order valence-electron chi connectivity index (χ4n) is 8.23. The SMILES string of the molecule is CCC(CC)C(=O)/C=C(\O)C(CC)CC(F)(F)F.Cc1[c-]c(-c2nccc3cc(C4CCCC4)ccc23)cc(C)c1.[2H]c1cc2cc(C)ccc2c(-c2[c-]c(C)cc(C)c2)n1.[Ir]. The first-order chi connectivity index (χ1) is 29.0. The Labute approximate surface area is 375 Å². The number of hydrogen-bond acceptors (Lipinski definition) is 4. The van der Waals surface area contributed by atoms with Gasteiger partial charge in [-0.3, -0.25) is 4.79 Å². The van der Waals surface area contributed by atoms with Gasteiger partial charge >= 0.3 is 6.18 Å². The maximum absolute atomic E-state index is 12.3. The maximum Gasteiger partial charge on any atom is 0.389 e. The molecule has 4 nitrogen and oxygen atoms in total. The smallest absolute Gasteiger partial charge is 0.389 e. The molecule has 6 aromatic rings. The molecule has 8 heteroatoms. The number of fused-ring (bicyclic) bond motifs is 2. The Morgan fingerprint density at radius 2 is 1.30 bits per heavy atom. The topological polar surface area (TPSA) is 63.1 Å². The molecule has 1 radical (unpaired) electrons. The van der Waals surface area contributed by atoms with Gasteiger partial charge in [0.05, 0.1) is 13.6 Å². The number of pyridine rings is 2. The second-order valence-corrected chi connectivity index (χ2v) is 16.4. The third kappa shape index (κ3) is 13.7. The van der Waals surface area contributed by atoms with Gasteiger partial charge in [-0.15, -0.1) is 69.8 Å². The van der Waals surface area contributed by atoms with Crippen molar-refractivity contribution in [3.63, 3.8) is 0 Å². The Balaban J connectivity index is 0.000000205. The van der Waals surface area contributed by atoms with E-state index in [9.17, 15) is 23.1 Å². The van der Waals surface area contributed by atoms with Crippen molar-refractivity contribution in [3.8, 4) is 22.5 Å². The van der Waals surface area contributed by atoms with Crippen LogP contribution in [0.5, 0.6) is 0 Å². The van der Waals surface area contributed by atoms with Crippen LogP contribution in [0.25, 0.3) is 44.1 Å². The van der Waals surface area contributed by atoms with Gasteiger partial charge in [-0.05, 0) is 95.6 Å². The molecule has 0 spiro atoms. The number of carbonyl (C=O) groups excluding carboxylic acids is 1. The van der Waals surface area contributed by atoms with E-state index in [0.29, 0.717) is 19.0 Å². The van der Waals surface area contributed by atoms with E-state index in [2.05, 4.69) is 117 Å². The molecule has 1 atom stereocenters. The molecule has 1 saturated carbocycles. The van der Waals surface area contributed by atoms with E-state index in [1.165, 1.54) is 64.3 Å². The number of aliphatic hydroxyl groups is 1. The van der Waals surface area contributed by atoms with E-state index < -0.39 is 24.3 Å². The van der Waals surface area contributed by atoms with E-state index in [-0.39, 0.29) is 38.2 Å². The van der Waals surface area contributed by atoms with Crippen LogP contribution >= 0.6 is 0 Å². The van der Waals surface area contributed by atoms with Crippen LogP contribution in [-0.2, 0) is 24.9 Å². The summed E-state index contributed by atoms with van der Waals surface area (Å²) in [5.41, 5.74) is 11.4. The number of hydrogen-bond donors (Lipinski definition) is 1. The van der Waals surface area contributed by atoms with Crippen molar-refractivity contribution >= 4 is 27.3 Å². The van der Waals surface area contributed by atoms with Crippen molar-refractivity contribution in [1.82, 2.24) is 9.97 Å². The molecule has 1 aliphatic carbocycles. The minimum absolute atomic E-state index is 0. The minimum atomic E-state index is -4.33. The zero-order chi connectivity index (χ0) is 44.4. The Kier molecular flexibility index (Phi) is 17.4. The van der Waals surface area contributed by atoms with E-state index in [1.54, 1.807) is 6.92 Å². The van der Waals surface area contributed by atoms with Crippen LogP contribution < -0.4 is 0 Å². The van der Waals surface area contributed by atoms with Gasteiger partial charge in [-0.2, -0.15) is 13.2 Å². The second-order valence-electron chi connectivity index (χ2n) is 16.4. The van der Waals surface area contributed by atoms with Gasteiger partial charge in [0, 0.05) is 50.4 Å². The van der Waals surface area contributed by atoms with Crippen LogP contribution in [0.1, 0.15) is 113 Å². The number of aliphatic hydroxyl groups excluding tert-OH is 1.